The third-order valence-corrected chi connectivity index (χ3v) is 6.34. The maximum atomic E-state index is 12.6. The van der Waals surface area contributed by atoms with Crippen LogP contribution in [0, 0.1) is 5.92 Å². The molecule has 1 heterocycles. The molecule has 4 nitrogen and oxygen atoms in total. The van der Waals surface area contributed by atoms with E-state index in [-0.39, 0.29) is 29.4 Å². The van der Waals surface area contributed by atoms with Crippen LogP contribution in [-0.4, -0.2) is 31.9 Å². The Labute approximate surface area is 141 Å². The molecule has 1 amide bonds. The van der Waals surface area contributed by atoms with Gasteiger partial charge in [-0.05, 0) is 30.0 Å². The number of hydrogen-bond donors (Lipinski definition) is 1. The van der Waals surface area contributed by atoms with Crippen molar-refractivity contribution in [2.45, 2.75) is 32.2 Å². The van der Waals surface area contributed by atoms with E-state index in [4.69, 9.17) is 23.2 Å². The number of carbonyl (C=O) groups excluding carboxylic acids is 1. The lowest BCUT2D eigenvalue weighted by Gasteiger charge is -2.23. The Kier molecular flexibility index (Phi) is 5.41. The van der Waals surface area contributed by atoms with Crippen LogP contribution in [0.25, 0.3) is 0 Å². The van der Waals surface area contributed by atoms with Crippen molar-refractivity contribution in [3.63, 3.8) is 0 Å². The summed E-state index contributed by atoms with van der Waals surface area (Å²) in [7, 11) is -3.02. The van der Waals surface area contributed by atoms with E-state index in [0.29, 0.717) is 16.5 Å². The second-order valence-corrected chi connectivity index (χ2v) is 9.05. The Hall–Kier alpha value is -0.780. The lowest BCUT2D eigenvalue weighted by molar-refractivity contribution is -0.124. The smallest absolute Gasteiger partial charge is 0.228 e. The maximum Gasteiger partial charge on any atom is 0.228 e. The molecule has 0 aromatic heterocycles. The molecule has 7 heteroatoms. The highest BCUT2D eigenvalue weighted by molar-refractivity contribution is 7.91. The quantitative estimate of drug-likeness (QED) is 0.893. The summed E-state index contributed by atoms with van der Waals surface area (Å²) in [5.74, 6) is -0.356. The number of carbonyl (C=O) groups is 1. The number of nitrogens with one attached hydrogen (secondary N) is 1. The van der Waals surface area contributed by atoms with Gasteiger partial charge in [-0.3, -0.25) is 4.79 Å². The van der Waals surface area contributed by atoms with Crippen molar-refractivity contribution < 1.29 is 13.2 Å². The number of hydrogen-bond acceptors (Lipinski definition) is 3. The summed E-state index contributed by atoms with van der Waals surface area (Å²) in [5.41, 5.74) is 0.780. The Balaban J connectivity index is 2.17. The fourth-order valence-corrected chi connectivity index (χ4v) is 4.72. The van der Waals surface area contributed by atoms with Gasteiger partial charge in [0.05, 0.1) is 27.5 Å². The topological polar surface area (TPSA) is 63.2 Å². The number of rotatable bonds is 4. The van der Waals surface area contributed by atoms with Gasteiger partial charge >= 0.3 is 0 Å². The van der Waals surface area contributed by atoms with Gasteiger partial charge in [0.2, 0.25) is 5.91 Å². The van der Waals surface area contributed by atoms with Gasteiger partial charge in [-0.2, -0.15) is 0 Å². The van der Waals surface area contributed by atoms with E-state index in [1.165, 1.54) is 0 Å². The zero-order valence-corrected chi connectivity index (χ0v) is 14.8. The van der Waals surface area contributed by atoms with Crippen LogP contribution in [0.3, 0.4) is 0 Å². The molecule has 0 saturated carbocycles. The first-order valence-electron chi connectivity index (χ1n) is 7.15. The van der Waals surface area contributed by atoms with Crippen molar-refractivity contribution >= 4 is 38.9 Å². The van der Waals surface area contributed by atoms with Gasteiger partial charge in [-0.15, -0.1) is 0 Å². The Morgan fingerprint density at radius 1 is 1.27 bits per heavy atom. The van der Waals surface area contributed by atoms with Gasteiger partial charge in [0.15, 0.2) is 9.84 Å². The van der Waals surface area contributed by atoms with Crippen LogP contribution in [0.2, 0.25) is 10.0 Å². The average Bonchev–Trinajstić information content (AvgIpc) is 2.72. The zero-order valence-electron chi connectivity index (χ0n) is 12.5. The number of benzene rings is 1. The summed E-state index contributed by atoms with van der Waals surface area (Å²) in [6, 6.07) is 4.84. The third-order valence-electron chi connectivity index (χ3n) is 3.83. The number of sulfone groups is 1. The van der Waals surface area contributed by atoms with Gasteiger partial charge in [0.25, 0.3) is 0 Å². The highest BCUT2D eigenvalue weighted by Gasteiger charge is 2.32. The third kappa shape index (κ3) is 4.15. The summed E-state index contributed by atoms with van der Waals surface area (Å²) in [6.45, 7) is 3.89. The van der Waals surface area contributed by atoms with Crippen molar-refractivity contribution in [3.05, 3.63) is 33.8 Å². The fraction of sp³-hybridized carbons (Fsp3) is 0.533. The van der Waals surface area contributed by atoms with Crippen LogP contribution >= 0.6 is 23.2 Å². The predicted molar refractivity (Wildman–Crippen MR) is 89.2 cm³/mol. The molecule has 1 aromatic rings. The number of halogens is 2. The molecule has 1 saturated heterocycles. The highest BCUT2D eigenvalue weighted by atomic mass is 35.5. The molecule has 2 unspecified atom stereocenters. The van der Waals surface area contributed by atoms with E-state index in [2.05, 4.69) is 5.32 Å². The SMILES string of the molecule is CC(C)C(C(=O)NC1CCS(=O)(=O)C1)c1ccc(Cl)c(Cl)c1. The van der Waals surface area contributed by atoms with Crippen LogP contribution in [0.4, 0.5) is 0 Å². The standard InChI is InChI=1S/C15H19Cl2NO3S/c1-9(2)14(10-3-4-12(16)13(17)7-10)15(19)18-11-5-6-22(20,21)8-11/h3-4,7,9,11,14H,5-6,8H2,1-2H3,(H,18,19). The Morgan fingerprint density at radius 3 is 2.45 bits per heavy atom. The monoisotopic (exact) mass is 363 g/mol. The van der Waals surface area contributed by atoms with E-state index in [1.807, 2.05) is 13.8 Å². The molecule has 1 aliphatic rings. The molecule has 0 aliphatic carbocycles. The minimum Gasteiger partial charge on any atom is -0.352 e. The van der Waals surface area contributed by atoms with E-state index >= 15 is 0 Å². The molecule has 1 N–H and O–H groups in total. The summed E-state index contributed by atoms with van der Waals surface area (Å²) >= 11 is 11.9. The first-order valence-corrected chi connectivity index (χ1v) is 9.73. The average molecular weight is 364 g/mol. The summed E-state index contributed by atoms with van der Waals surface area (Å²) < 4.78 is 23.0. The van der Waals surface area contributed by atoms with Gasteiger partial charge < -0.3 is 5.32 Å². The summed E-state index contributed by atoms with van der Waals surface area (Å²) in [4.78, 5) is 12.6. The summed E-state index contributed by atoms with van der Waals surface area (Å²) in [5, 5.41) is 3.70. The second-order valence-electron chi connectivity index (χ2n) is 6.00. The molecule has 1 aliphatic heterocycles. The van der Waals surface area contributed by atoms with Crippen molar-refractivity contribution in [1.82, 2.24) is 5.32 Å². The van der Waals surface area contributed by atoms with Gasteiger partial charge in [-0.25, -0.2) is 8.42 Å². The van der Waals surface area contributed by atoms with E-state index < -0.39 is 15.8 Å². The minimum absolute atomic E-state index is 0.0188. The molecule has 0 spiro atoms. The van der Waals surface area contributed by atoms with Crippen molar-refractivity contribution in [1.29, 1.82) is 0 Å². The van der Waals surface area contributed by atoms with Gasteiger partial charge in [0.1, 0.15) is 0 Å². The zero-order chi connectivity index (χ0) is 16.5. The lowest BCUT2D eigenvalue weighted by atomic mass is 9.87. The van der Waals surface area contributed by atoms with Crippen molar-refractivity contribution in [3.8, 4) is 0 Å². The molecule has 2 atom stereocenters. The highest BCUT2D eigenvalue weighted by Crippen LogP contribution is 2.31. The number of amides is 1. The molecule has 22 heavy (non-hydrogen) atoms. The Morgan fingerprint density at radius 2 is 1.95 bits per heavy atom. The maximum absolute atomic E-state index is 12.6. The van der Waals surface area contributed by atoms with E-state index in [1.54, 1.807) is 18.2 Å². The van der Waals surface area contributed by atoms with Crippen LogP contribution in [0.1, 0.15) is 31.7 Å². The van der Waals surface area contributed by atoms with Crippen LogP contribution in [-0.2, 0) is 14.6 Å². The summed E-state index contributed by atoms with van der Waals surface area (Å²) in [6.07, 6.45) is 0.472. The fourth-order valence-electron chi connectivity index (χ4n) is 2.74. The van der Waals surface area contributed by atoms with Crippen LogP contribution in [0.15, 0.2) is 18.2 Å². The van der Waals surface area contributed by atoms with Crippen LogP contribution in [0.5, 0.6) is 0 Å². The normalized spacial score (nSPS) is 21.8. The van der Waals surface area contributed by atoms with Crippen LogP contribution < -0.4 is 5.32 Å². The molecule has 0 bridgehead atoms. The molecular weight excluding hydrogens is 345 g/mol. The Bertz CT molecular complexity index is 673. The van der Waals surface area contributed by atoms with Gasteiger partial charge in [-0.1, -0.05) is 43.1 Å². The predicted octanol–water partition coefficient (Wildman–Crippen LogP) is 3.04. The largest absolute Gasteiger partial charge is 0.352 e. The van der Waals surface area contributed by atoms with E-state index in [9.17, 15) is 13.2 Å². The minimum atomic E-state index is -3.02. The molecule has 1 fully saturated rings. The van der Waals surface area contributed by atoms with Crippen molar-refractivity contribution in [2.75, 3.05) is 11.5 Å². The van der Waals surface area contributed by atoms with E-state index in [0.717, 1.165) is 5.56 Å². The first kappa shape index (κ1) is 17.6. The second kappa shape index (κ2) is 6.77. The van der Waals surface area contributed by atoms with Crippen molar-refractivity contribution in [2.24, 2.45) is 5.92 Å². The van der Waals surface area contributed by atoms with Gasteiger partial charge in [0, 0.05) is 6.04 Å². The molecule has 122 valence electrons. The molecular formula is C15H19Cl2NO3S. The molecule has 2 rings (SSSR count). The molecule has 0 radical (unpaired) electrons. The first-order chi connectivity index (χ1) is 10.2. The lowest BCUT2D eigenvalue weighted by Crippen LogP contribution is -2.40. The molecule has 1 aromatic carbocycles.